The number of ether oxygens (including phenoxy) is 2. The third-order valence-electron chi connectivity index (χ3n) is 3.20. The molecule has 0 atom stereocenters. The highest BCUT2D eigenvalue weighted by atomic mass is 16.5. The molecular weight excluding hydrogens is 310 g/mol. The van der Waals surface area contributed by atoms with Crippen molar-refractivity contribution in [2.45, 2.75) is 13.8 Å². The van der Waals surface area contributed by atoms with Crippen LogP contribution in [0.5, 0.6) is 11.5 Å². The molecule has 2 rings (SSSR count). The predicted octanol–water partition coefficient (Wildman–Crippen LogP) is 1.48. The van der Waals surface area contributed by atoms with E-state index in [1.165, 1.54) is 0 Å². The normalized spacial score (nSPS) is 10.0. The molecule has 0 aliphatic heterocycles. The van der Waals surface area contributed by atoms with Crippen LogP contribution in [-0.2, 0) is 4.79 Å². The topological polar surface area (TPSA) is 118 Å². The van der Waals surface area contributed by atoms with Crippen molar-refractivity contribution in [2.75, 3.05) is 13.2 Å². The molecule has 3 N–H and O–H groups in total. The fraction of sp³-hybridized carbons (Fsp3) is 0.235. The summed E-state index contributed by atoms with van der Waals surface area (Å²) in [7, 11) is 0. The fourth-order valence-corrected chi connectivity index (χ4v) is 2.24. The number of nitrogens with one attached hydrogen (secondary N) is 1. The first-order valence-electron chi connectivity index (χ1n) is 7.28. The molecule has 7 heteroatoms. The first-order chi connectivity index (χ1) is 11.5. The van der Waals surface area contributed by atoms with E-state index < -0.39 is 11.5 Å². The van der Waals surface area contributed by atoms with Crippen molar-refractivity contribution in [3.8, 4) is 28.7 Å². The van der Waals surface area contributed by atoms with Crippen LogP contribution < -0.4 is 20.8 Å². The first kappa shape index (κ1) is 17.1. The zero-order valence-electron chi connectivity index (χ0n) is 13.4. The van der Waals surface area contributed by atoms with E-state index in [9.17, 15) is 14.9 Å². The van der Waals surface area contributed by atoms with Crippen LogP contribution >= 0.6 is 0 Å². The van der Waals surface area contributed by atoms with Crippen molar-refractivity contribution >= 4 is 5.91 Å². The number of rotatable bonds is 6. The van der Waals surface area contributed by atoms with Crippen molar-refractivity contribution in [3.05, 3.63) is 45.9 Å². The summed E-state index contributed by atoms with van der Waals surface area (Å²) in [6.07, 6.45) is 0. The van der Waals surface area contributed by atoms with Gasteiger partial charge in [0, 0.05) is 11.3 Å². The minimum atomic E-state index is -0.599. The summed E-state index contributed by atoms with van der Waals surface area (Å²) < 4.78 is 10.8. The van der Waals surface area contributed by atoms with Crippen molar-refractivity contribution in [1.82, 2.24) is 4.98 Å². The number of aromatic amines is 1. The van der Waals surface area contributed by atoms with E-state index >= 15 is 0 Å². The maximum Gasteiger partial charge on any atom is 0.266 e. The molecule has 2 aromatic rings. The highest BCUT2D eigenvalue weighted by molar-refractivity contribution is 5.76. The Morgan fingerprint density at radius 3 is 2.67 bits per heavy atom. The highest BCUT2D eigenvalue weighted by Crippen LogP contribution is 2.33. The molecule has 0 unspecified atom stereocenters. The Morgan fingerprint density at radius 2 is 2.04 bits per heavy atom. The Balaban J connectivity index is 2.53. The molecule has 0 spiro atoms. The molecule has 7 nitrogen and oxygen atoms in total. The van der Waals surface area contributed by atoms with E-state index in [0.29, 0.717) is 34.9 Å². The Kier molecular flexibility index (Phi) is 5.22. The summed E-state index contributed by atoms with van der Waals surface area (Å²) in [6.45, 7) is 3.66. The average molecular weight is 327 g/mol. The van der Waals surface area contributed by atoms with E-state index in [-0.39, 0.29) is 12.2 Å². The molecule has 124 valence electrons. The third-order valence-corrected chi connectivity index (χ3v) is 3.20. The van der Waals surface area contributed by atoms with Crippen LogP contribution in [0.15, 0.2) is 29.1 Å². The molecule has 0 fully saturated rings. The summed E-state index contributed by atoms with van der Waals surface area (Å²) in [4.78, 5) is 25.4. The lowest BCUT2D eigenvalue weighted by Crippen LogP contribution is -2.20. The standard InChI is InChI=1S/C17H17N3O4/c1-3-23-15-7-11(4-5-14(15)24-9-16(19)21)12-6-10(2)20-17(22)13(12)8-18/h4-7H,3,9H2,1-2H3,(H2,19,21)(H,20,22). The molecule has 0 saturated heterocycles. The zero-order chi connectivity index (χ0) is 17.7. The predicted molar refractivity (Wildman–Crippen MR) is 87.8 cm³/mol. The van der Waals surface area contributed by atoms with Crippen molar-refractivity contribution in [3.63, 3.8) is 0 Å². The van der Waals surface area contributed by atoms with Gasteiger partial charge in [-0.2, -0.15) is 5.26 Å². The monoisotopic (exact) mass is 327 g/mol. The second-order valence-electron chi connectivity index (χ2n) is 5.03. The number of hydrogen-bond acceptors (Lipinski definition) is 5. The molecule has 1 heterocycles. The summed E-state index contributed by atoms with van der Waals surface area (Å²) in [5.74, 6) is 0.163. The van der Waals surface area contributed by atoms with Crippen LogP contribution in [0.4, 0.5) is 0 Å². The second-order valence-corrected chi connectivity index (χ2v) is 5.03. The molecule has 0 radical (unpaired) electrons. The number of hydrogen-bond donors (Lipinski definition) is 2. The summed E-state index contributed by atoms with van der Waals surface area (Å²) in [5.41, 5.74) is 6.43. The van der Waals surface area contributed by atoms with Gasteiger partial charge in [0.25, 0.3) is 11.5 Å². The largest absolute Gasteiger partial charge is 0.490 e. The molecule has 0 bridgehead atoms. The van der Waals surface area contributed by atoms with Crippen LogP contribution in [0.25, 0.3) is 11.1 Å². The van der Waals surface area contributed by atoms with Crippen LogP contribution in [0, 0.1) is 18.3 Å². The lowest BCUT2D eigenvalue weighted by atomic mass is 10.0. The molecule has 0 saturated carbocycles. The van der Waals surface area contributed by atoms with Gasteiger partial charge in [0.05, 0.1) is 6.61 Å². The van der Waals surface area contributed by atoms with E-state index in [1.54, 1.807) is 31.2 Å². The number of carbonyl (C=O) groups excluding carboxylic acids is 1. The van der Waals surface area contributed by atoms with Crippen LogP contribution in [-0.4, -0.2) is 24.1 Å². The summed E-state index contributed by atoms with van der Waals surface area (Å²) in [6, 6.07) is 8.60. The average Bonchev–Trinajstić information content (AvgIpc) is 2.53. The number of primary amides is 1. The summed E-state index contributed by atoms with van der Waals surface area (Å²) in [5, 5.41) is 9.25. The fourth-order valence-electron chi connectivity index (χ4n) is 2.24. The molecule has 1 amide bonds. The zero-order valence-corrected chi connectivity index (χ0v) is 13.4. The molecular formula is C17H17N3O4. The number of amides is 1. The molecule has 24 heavy (non-hydrogen) atoms. The maximum atomic E-state index is 11.9. The number of carbonyl (C=O) groups is 1. The number of pyridine rings is 1. The van der Waals surface area contributed by atoms with Gasteiger partial charge in [-0.1, -0.05) is 6.07 Å². The number of nitriles is 1. The Morgan fingerprint density at radius 1 is 1.29 bits per heavy atom. The quantitative estimate of drug-likeness (QED) is 0.833. The number of aryl methyl sites for hydroxylation is 1. The van der Waals surface area contributed by atoms with E-state index in [4.69, 9.17) is 15.2 Å². The molecule has 1 aromatic heterocycles. The van der Waals surface area contributed by atoms with E-state index in [0.717, 1.165) is 0 Å². The highest BCUT2D eigenvalue weighted by Gasteiger charge is 2.14. The van der Waals surface area contributed by atoms with Gasteiger partial charge in [-0.15, -0.1) is 0 Å². The van der Waals surface area contributed by atoms with Gasteiger partial charge in [-0.05, 0) is 37.6 Å². The van der Waals surface area contributed by atoms with Gasteiger partial charge >= 0.3 is 0 Å². The van der Waals surface area contributed by atoms with Crippen LogP contribution in [0.2, 0.25) is 0 Å². The molecule has 0 aliphatic rings. The van der Waals surface area contributed by atoms with E-state index in [2.05, 4.69) is 4.98 Å². The minimum Gasteiger partial charge on any atom is -0.490 e. The third kappa shape index (κ3) is 3.73. The Labute approximate surface area is 138 Å². The van der Waals surface area contributed by atoms with E-state index in [1.807, 2.05) is 13.0 Å². The molecule has 1 aromatic carbocycles. The number of nitrogens with two attached hydrogens (primary N) is 1. The number of aromatic nitrogens is 1. The lowest BCUT2D eigenvalue weighted by Gasteiger charge is -2.13. The van der Waals surface area contributed by atoms with Gasteiger partial charge in [0.15, 0.2) is 18.1 Å². The van der Waals surface area contributed by atoms with Gasteiger partial charge in [-0.25, -0.2) is 0 Å². The number of nitrogens with zero attached hydrogens (tertiary/aromatic N) is 1. The Hall–Kier alpha value is -3.27. The van der Waals surface area contributed by atoms with Crippen molar-refractivity contribution < 1.29 is 14.3 Å². The van der Waals surface area contributed by atoms with Crippen LogP contribution in [0.3, 0.4) is 0 Å². The molecule has 0 aliphatic carbocycles. The van der Waals surface area contributed by atoms with Crippen molar-refractivity contribution in [2.24, 2.45) is 5.73 Å². The first-order valence-corrected chi connectivity index (χ1v) is 7.28. The number of benzene rings is 1. The SMILES string of the molecule is CCOc1cc(-c2cc(C)[nH]c(=O)c2C#N)ccc1OCC(N)=O. The number of H-pyrrole nitrogens is 1. The minimum absolute atomic E-state index is 0.0221. The van der Waals surface area contributed by atoms with Gasteiger partial charge in [0.1, 0.15) is 11.6 Å². The summed E-state index contributed by atoms with van der Waals surface area (Å²) >= 11 is 0. The van der Waals surface area contributed by atoms with Gasteiger partial charge in [0.2, 0.25) is 0 Å². The lowest BCUT2D eigenvalue weighted by molar-refractivity contribution is -0.119. The second kappa shape index (κ2) is 7.33. The van der Waals surface area contributed by atoms with Gasteiger partial charge in [-0.3, -0.25) is 9.59 Å². The smallest absolute Gasteiger partial charge is 0.266 e. The maximum absolute atomic E-state index is 11.9. The Bertz CT molecular complexity index is 865. The van der Waals surface area contributed by atoms with Gasteiger partial charge < -0.3 is 20.2 Å². The van der Waals surface area contributed by atoms with Crippen molar-refractivity contribution in [1.29, 1.82) is 5.26 Å². The van der Waals surface area contributed by atoms with Crippen LogP contribution in [0.1, 0.15) is 18.2 Å².